The van der Waals surface area contributed by atoms with Crippen molar-refractivity contribution >= 4 is 67.9 Å². The molecule has 0 spiro atoms. The van der Waals surface area contributed by atoms with Crippen molar-refractivity contribution < 1.29 is 23.5 Å². The standard InChI is InChI=1S/C33H27FN4O4S2/c1-2-42-25-15-16-27-29(19-25)44-33(37-27)38-30(39)20-43-26-10-6-9-24(18-26)35-32(41)28(17-21-11-13-23(34)14-12-21)36-31(40)22-7-4-3-5-8-22/h3-19H,2,20H2,1H3,(H,35,41)(H,36,40)(H,37,38,39)/b28-17-. The largest absolute Gasteiger partial charge is 0.494 e. The molecule has 0 saturated carbocycles. The van der Waals surface area contributed by atoms with Crippen molar-refractivity contribution in [1.29, 1.82) is 0 Å². The molecule has 0 bridgehead atoms. The fourth-order valence-corrected chi connectivity index (χ4v) is 5.71. The molecular formula is C33H27FN4O4S2. The van der Waals surface area contributed by atoms with E-state index in [1.807, 2.05) is 31.2 Å². The van der Waals surface area contributed by atoms with Crippen molar-refractivity contribution in [3.05, 3.63) is 120 Å². The molecule has 222 valence electrons. The van der Waals surface area contributed by atoms with Crippen LogP contribution in [0.1, 0.15) is 22.8 Å². The Labute approximate surface area is 261 Å². The summed E-state index contributed by atoms with van der Waals surface area (Å²) in [5.41, 5.74) is 2.13. The number of ether oxygens (including phenoxy) is 1. The predicted molar refractivity (Wildman–Crippen MR) is 173 cm³/mol. The molecule has 0 fully saturated rings. The van der Waals surface area contributed by atoms with Gasteiger partial charge in [0.2, 0.25) is 5.91 Å². The Bertz CT molecular complexity index is 1830. The number of nitrogens with zero attached hydrogens (tertiary/aromatic N) is 1. The number of carbonyl (C=O) groups excluding carboxylic acids is 3. The molecule has 3 amide bonds. The van der Waals surface area contributed by atoms with E-state index in [-0.39, 0.29) is 17.4 Å². The number of hydrogen-bond acceptors (Lipinski definition) is 7. The van der Waals surface area contributed by atoms with E-state index in [1.54, 1.807) is 48.5 Å². The van der Waals surface area contributed by atoms with E-state index in [0.717, 1.165) is 20.9 Å². The normalized spacial score (nSPS) is 11.2. The first-order chi connectivity index (χ1) is 21.4. The first-order valence-corrected chi connectivity index (χ1v) is 15.4. The van der Waals surface area contributed by atoms with E-state index < -0.39 is 17.6 Å². The smallest absolute Gasteiger partial charge is 0.272 e. The molecule has 5 rings (SSSR count). The van der Waals surface area contributed by atoms with Crippen molar-refractivity contribution in [1.82, 2.24) is 10.3 Å². The molecule has 11 heteroatoms. The Balaban J connectivity index is 1.23. The summed E-state index contributed by atoms with van der Waals surface area (Å²) >= 11 is 2.67. The quantitative estimate of drug-likeness (QED) is 0.108. The van der Waals surface area contributed by atoms with Gasteiger partial charge in [0.05, 0.1) is 22.6 Å². The van der Waals surface area contributed by atoms with E-state index in [1.165, 1.54) is 53.4 Å². The first-order valence-electron chi connectivity index (χ1n) is 13.6. The lowest BCUT2D eigenvalue weighted by Crippen LogP contribution is -2.30. The number of rotatable bonds is 11. The Morgan fingerprint density at radius 1 is 0.932 bits per heavy atom. The zero-order valence-electron chi connectivity index (χ0n) is 23.5. The number of benzene rings is 4. The molecule has 4 aromatic carbocycles. The predicted octanol–water partition coefficient (Wildman–Crippen LogP) is 6.97. The number of fused-ring (bicyclic) bond motifs is 1. The van der Waals surface area contributed by atoms with E-state index in [0.29, 0.717) is 28.6 Å². The van der Waals surface area contributed by atoms with Gasteiger partial charge in [-0.3, -0.25) is 14.4 Å². The van der Waals surface area contributed by atoms with Crippen molar-refractivity contribution in [2.45, 2.75) is 11.8 Å². The van der Waals surface area contributed by atoms with Gasteiger partial charge in [-0.05, 0) is 79.2 Å². The Morgan fingerprint density at radius 3 is 2.50 bits per heavy atom. The van der Waals surface area contributed by atoms with Crippen LogP contribution < -0.4 is 20.7 Å². The van der Waals surface area contributed by atoms with Gasteiger partial charge in [0.1, 0.15) is 17.3 Å². The summed E-state index contributed by atoms with van der Waals surface area (Å²) < 4.78 is 19.9. The van der Waals surface area contributed by atoms with Crippen molar-refractivity contribution in [3.8, 4) is 5.75 Å². The highest BCUT2D eigenvalue weighted by Crippen LogP contribution is 2.30. The highest BCUT2D eigenvalue weighted by atomic mass is 32.2. The fraction of sp³-hybridized carbons (Fsp3) is 0.0909. The Morgan fingerprint density at radius 2 is 1.73 bits per heavy atom. The Hall–Kier alpha value is -5.00. The zero-order valence-corrected chi connectivity index (χ0v) is 25.1. The lowest BCUT2D eigenvalue weighted by Gasteiger charge is -2.12. The topological polar surface area (TPSA) is 109 Å². The fourth-order valence-electron chi connectivity index (χ4n) is 4.05. The third-order valence-corrected chi connectivity index (χ3v) is 8.02. The molecule has 0 saturated heterocycles. The lowest BCUT2D eigenvalue weighted by atomic mass is 10.1. The van der Waals surface area contributed by atoms with E-state index in [9.17, 15) is 18.8 Å². The second kappa shape index (κ2) is 14.5. The average Bonchev–Trinajstić information content (AvgIpc) is 3.43. The van der Waals surface area contributed by atoms with Gasteiger partial charge < -0.3 is 20.7 Å². The molecule has 0 aliphatic heterocycles. The van der Waals surface area contributed by atoms with E-state index in [4.69, 9.17) is 4.74 Å². The minimum atomic E-state index is -0.568. The SMILES string of the molecule is CCOc1ccc2nc(NC(=O)CSc3cccc(NC(=O)/C(=C/c4ccc(F)cc4)NC(=O)c4ccccc4)c3)sc2c1. The molecule has 0 radical (unpaired) electrons. The maximum atomic E-state index is 13.4. The number of thioether (sulfide) groups is 1. The minimum Gasteiger partial charge on any atom is -0.494 e. The van der Waals surface area contributed by atoms with E-state index >= 15 is 0 Å². The minimum absolute atomic E-state index is 0.0212. The highest BCUT2D eigenvalue weighted by Gasteiger charge is 2.16. The summed E-state index contributed by atoms with van der Waals surface area (Å²) in [7, 11) is 0. The lowest BCUT2D eigenvalue weighted by molar-refractivity contribution is -0.114. The molecule has 1 heterocycles. The van der Waals surface area contributed by atoms with Gasteiger partial charge in [-0.1, -0.05) is 47.7 Å². The van der Waals surface area contributed by atoms with Crippen LogP contribution in [-0.4, -0.2) is 35.1 Å². The van der Waals surface area contributed by atoms with Crippen LogP contribution in [0, 0.1) is 5.82 Å². The summed E-state index contributed by atoms with van der Waals surface area (Å²) in [6.07, 6.45) is 1.47. The summed E-state index contributed by atoms with van der Waals surface area (Å²) in [6, 6.07) is 26.7. The van der Waals surface area contributed by atoms with Gasteiger partial charge in [0, 0.05) is 16.1 Å². The molecule has 8 nitrogen and oxygen atoms in total. The maximum Gasteiger partial charge on any atom is 0.272 e. The third kappa shape index (κ3) is 8.30. The van der Waals surface area contributed by atoms with Crippen LogP contribution in [0.5, 0.6) is 5.75 Å². The van der Waals surface area contributed by atoms with Crippen LogP contribution in [0.25, 0.3) is 16.3 Å². The van der Waals surface area contributed by atoms with Gasteiger partial charge in [0.15, 0.2) is 5.13 Å². The van der Waals surface area contributed by atoms with Gasteiger partial charge in [0.25, 0.3) is 11.8 Å². The van der Waals surface area contributed by atoms with Gasteiger partial charge in [-0.15, -0.1) is 11.8 Å². The monoisotopic (exact) mass is 626 g/mol. The zero-order chi connectivity index (χ0) is 30.9. The number of carbonyl (C=O) groups is 3. The highest BCUT2D eigenvalue weighted by molar-refractivity contribution is 8.00. The van der Waals surface area contributed by atoms with Gasteiger partial charge >= 0.3 is 0 Å². The number of anilines is 2. The third-order valence-electron chi connectivity index (χ3n) is 6.09. The summed E-state index contributed by atoms with van der Waals surface area (Å²) in [6.45, 7) is 2.48. The van der Waals surface area contributed by atoms with Crippen LogP contribution in [0.15, 0.2) is 108 Å². The van der Waals surface area contributed by atoms with Crippen molar-refractivity contribution in [2.24, 2.45) is 0 Å². The average molecular weight is 627 g/mol. The van der Waals surface area contributed by atoms with Crippen LogP contribution in [0.3, 0.4) is 0 Å². The van der Waals surface area contributed by atoms with Gasteiger partial charge in [-0.2, -0.15) is 0 Å². The number of hydrogen-bond donors (Lipinski definition) is 3. The number of nitrogens with one attached hydrogen (secondary N) is 3. The molecule has 0 aliphatic rings. The van der Waals surface area contributed by atoms with Crippen LogP contribution >= 0.6 is 23.1 Å². The van der Waals surface area contributed by atoms with Gasteiger partial charge in [-0.25, -0.2) is 9.37 Å². The Kier molecular flexibility index (Phi) is 10.0. The molecule has 44 heavy (non-hydrogen) atoms. The first kappa shape index (κ1) is 30.5. The molecule has 1 aromatic heterocycles. The van der Waals surface area contributed by atoms with Crippen molar-refractivity contribution in [3.63, 3.8) is 0 Å². The number of aromatic nitrogens is 1. The summed E-state index contributed by atoms with van der Waals surface area (Å²) in [5, 5.41) is 8.80. The molecule has 3 N–H and O–H groups in total. The number of halogens is 1. The van der Waals surface area contributed by atoms with Crippen LogP contribution in [0.2, 0.25) is 0 Å². The van der Waals surface area contributed by atoms with E-state index in [2.05, 4.69) is 20.9 Å². The number of thiazole rings is 1. The molecule has 0 unspecified atom stereocenters. The summed E-state index contributed by atoms with van der Waals surface area (Å²) in [5.74, 6) is -0.794. The second-order valence-electron chi connectivity index (χ2n) is 9.33. The van der Waals surface area contributed by atoms with Crippen LogP contribution in [0.4, 0.5) is 15.2 Å². The molecule has 5 aromatic rings. The maximum absolute atomic E-state index is 13.4. The van der Waals surface area contributed by atoms with Crippen LogP contribution in [-0.2, 0) is 9.59 Å². The molecular weight excluding hydrogens is 600 g/mol. The summed E-state index contributed by atoms with van der Waals surface area (Å²) in [4.78, 5) is 44.0. The number of amides is 3. The molecule has 0 aliphatic carbocycles. The second-order valence-corrected chi connectivity index (χ2v) is 11.4. The molecule has 0 atom stereocenters. The van der Waals surface area contributed by atoms with Crippen molar-refractivity contribution in [2.75, 3.05) is 23.0 Å².